The number of halogens is 2. The monoisotopic (exact) mass is 685 g/mol. The molecule has 0 radical (unpaired) electrons. The van der Waals surface area contributed by atoms with Gasteiger partial charge in [0.1, 0.15) is 6.61 Å². The molecule has 1 amide bonds. The zero-order valence-electron chi connectivity index (χ0n) is 16.9. The highest BCUT2D eigenvalue weighted by molar-refractivity contribution is 14.1. The molecule has 0 aromatic heterocycles. The lowest BCUT2D eigenvalue weighted by Gasteiger charge is -2.14. The van der Waals surface area contributed by atoms with Gasteiger partial charge in [0.15, 0.2) is 15.8 Å². The summed E-state index contributed by atoms with van der Waals surface area (Å²) in [5.41, 5.74) is 2.70. The Morgan fingerprint density at radius 1 is 1.06 bits per heavy atom. The largest absolute Gasteiger partial charge is 0.493 e. The lowest BCUT2D eigenvalue weighted by atomic mass is 10.1. The normalized spacial score (nSPS) is 14.8. The van der Waals surface area contributed by atoms with Crippen LogP contribution in [0.1, 0.15) is 11.1 Å². The summed E-state index contributed by atoms with van der Waals surface area (Å²) < 4.78 is 14.3. The molecule has 0 bridgehead atoms. The van der Waals surface area contributed by atoms with E-state index in [9.17, 15) is 4.79 Å². The first-order valence-electron chi connectivity index (χ1n) is 9.54. The minimum absolute atomic E-state index is 0.126. The standard InChI is InChI=1S/C24H17I2NO3S2/c1-29-20-12-16(11-19(26)22(20)30-14-15-7-9-17(25)10-8-15)13-21-23(28)27(24(31)32-21)18-5-3-2-4-6-18/h2-13H,14H2,1H3/b21-13+. The van der Waals surface area contributed by atoms with Gasteiger partial charge in [-0.15, -0.1) is 0 Å². The number of thioether (sulfide) groups is 1. The highest BCUT2D eigenvalue weighted by Gasteiger charge is 2.33. The molecule has 32 heavy (non-hydrogen) atoms. The van der Waals surface area contributed by atoms with E-state index < -0.39 is 0 Å². The fraction of sp³-hybridized carbons (Fsp3) is 0.0833. The van der Waals surface area contributed by atoms with E-state index in [-0.39, 0.29) is 5.91 Å². The number of hydrogen-bond donors (Lipinski definition) is 0. The summed E-state index contributed by atoms with van der Waals surface area (Å²) in [6.07, 6.45) is 1.84. The van der Waals surface area contributed by atoms with Crippen LogP contribution in [-0.4, -0.2) is 17.3 Å². The highest BCUT2D eigenvalue weighted by atomic mass is 127. The maximum absolute atomic E-state index is 13.0. The predicted molar refractivity (Wildman–Crippen MR) is 151 cm³/mol. The van der Waals surface area contributed by atoms with Crippen LogP contribution >= 0.6 is 69.2 Å². The summed E-state index contributed by atoms with van der Waals surface area (Å²) in [7, 11) is 1.61. The molecule has 8 heteroatoms. The summed E-state index contributed by atoms with van der Waals surface area (Å²) in [4.78, 5) is 15.1. The van der Waals surface area contributed by atoms with Crippen molar-refractivity contribution in [3.63, 3.8) is 0 Å². The van der Waals surface area contributed by atoms with E-state index in [0.717, 1.165) is 20.4 Å². The number of benzene rings is 3. The number of para-hydroxylation sites is 1. The molecule has 0 aliphatic carbocycles. The number of carbonyl (C=O) groups excluding carboxylic acids is 1. The number of anilines is 1. The Morgan fingerprint density at radius 3 is 2.47 bits per heavy atom. The third kappa shape index (κ3) is 5.29. The van der Waals surface area contributed by atoms with E-state index in [1.165, 1.54) is 15.3 Å². The van der Waals surface area contributed by atoms with E-state index in [1.54, 1.807) is 12.0 Å². The fourth-order valence-electron chi connectivity index (χ4n) is 3.12. The molecule has 3 aromatic carbocycles. The fourth-order valence-corrected chi connectivity index (χ4v) is 5.56. The average Bonchev–Trinajstić information content (AvgIpc) is 3.07. The lowest BCUT2D eigenvalue weighted by Crippen LogP contribution is -2.27. The average molecular weight is 685 g/mol. The SMILES string of the molecule is COc1cc(/C=C2/SC(=S)N(c3ccccc3)C2=O)cc(I)c1OCc1ccc(I)cc1. The molecule has 1 aliphatic heterocycles. The van der Waals surface area contributed by atoms with Crippen molar-refractivity contribution in [2.24, 2.45) is 0 Å². The first-order valence-corrected chi connectivity index (χ1v) is 12.9. The van der Waals surface area contributed by atoms with E-state index in [2.05, 4.69) is 57.3 Å². The van der Waals surface area contributed by atoms with Crippen LogP contribution in [0.3, 0.4) is 0 Å². The van der Waals surface area contributed by atoms with Gasteiger partial charge >= 0.3 is 0 Å². The number of hydrogen-bond acceptors (Lipinski definition) is 5. The van der Waals surface area contributed by atoms with Crippen LogP contribution in [0.25, 0.3) is 6.08 Å². The van der Waals surface area contributed by atoms with E-state index >= 15 is 0 Å². The van der Waals surface area contributed by atoms with Gasteiger partial charge in [-0.1, -0.05) is 54.3 Å². The van der Waals surface area contributed by atoms with E-state index in [0.29, 0.717) is 27.3 Å². The van der Waals surface area contributed by atoms with Crippen LogP contribution in [0.15, 0.2) is 71.6 Å². The molecule has 162 valence electrons. The maximum atomic E-state index is 13.0. The topological polar surface area (TPSA) is 38.8 Å². The van der Waals surface area contributed by atoms with Crippen LogP contribution in [0.4, 0.5) is 5.69 Å². The molecule has 1 fully saturated rings. The number of amides is 1. The second-order valence-electron chi connectivity index (χ2n) is 6.80. The van der Waals surface area contributed by atoms with Crippen LogP contribution in [0.2, 0.25) is 0 Å². The summed E-state index contributed by atoms with van der Waals surface area (Å²) in [6.45, 7) is 0.443. The number of thiocarbonyl (C=S) groups is 1. The summed E-state index contributed by atoms with van der Waals surface area (Å²) in [5.74, 6) is 1.17. The third-order valence-electron chi connectivity index (χ3n) is 4.65. The van der Waals surface area contributed by atoms with Crippen molar-refractivity contribution in [3.8, 4) is 11.5 Å². The van der Waals surface area contributed by atoms with Crippen molar-refractivity contribution in [1.82, 2.24) is 0 Å². The second kappa shape index (κ2) is 10.5. The molecule has 3 aromatic rings. The molecule has 1 heterocycles. The van der Waals surface area contributed by atoms with Crippen LogP contribution in [-0.2, 0) is 11.4 Å². The summed E-state index contributed by atoms with van der Waals surface area (Å²) >= 11 is 11.3. The van der Waals surface area contributed by atoms with Crippen molar-refractivity contribution >= 4 is 91.2 Å². The van der Waals surface area contributed by atoms with Gasteiger partial charge in [0.2, 0.25) is 0 Å². The van der Waals surface area contributed by atoms with E-state index in [1.807, 2.05) is 60.7 Å². The van der Waals surface area contributed by atoms with Crippen molar-refractivity contribution in [1.29, 1.82) is 0 Å². The molecular weight excluding hydrogens is 668 g/mol. The Kier molecular flexibility index (Phi) is 7.74. The van der Waals surface area contributed by atoms with Gasteiger partial charge < -0.3 is 9.47 Å². The van der Waals surface area contributed by atoms with Crippen molar-refractivity contribution in [2.45, 2.75) is 6.61 Å². The second-order valence-corrected chi connectivity index (χ2v) is 10.9. The van der Waals surface area contributed by atoms with Gasteiger partial charge in [-0.2, -0.15) is 0 Å². The summed E-state index contributed by atoms with van der Waals surface area (Å²) in [6, 6.07) is 21.5. The smallest absolute Gasteiger partial charge is 0.270 e. The zero-order valence-corrected chi connectivity index (χ0v) is 22.8. The Morgan fingerprint density at radius 2 is 1.78 bits per heavy atom. The van der Waals surface area contributed by atoms with Crippen molar-refractivity contribution < 1.29 is 14.3 Å². The number of carbonyl (C=O) groups is 1. The Labute approximate surface area is 223 Å². The Bertz CT molecular complexity index is 1200. The number of methoxy groups -OCH3 is 1. The highest BCUT2D eigenvalue weighted by Crippen LogP contribution is 2.39. The van der Waals surface area contributed by atoms with Gasteiger partial charge in [0.05, 0.1) is 21.3 Å². The molecular formula is C24H17I2NO3S2. The van der Waals surface area contributed by atoms with Crippen molar-refractivity contribution in [2.75, 3.05) is 12.0 Å². The van der Waals surface area contributed by atoms with Gasteiger partial charge in [0, 0.05) is 3.57 Å². The van der Waals surface area contributed by atoms with Gasteiger partial charge in [-0.05, 0) is 98.8 Å². The zero-order chi connectivity index (χ0) is 22.7. The van der Waals surface area contributed by atoms with Crippen molar-refractivity contribution in [3.05, 3.63) is 89.9 Å². The van der Waals surface area contributed by atoms with E-state index in [4.69, 9.17) is 21.7 Å². The molecule has 4 rings (SSSR count). The number of rotatable bonds is 6. The molecule has 1 saturated heterocycles. The first kappa shape index (κ1) is 23.5. The van der Waals surface area contributed by atoms with Gasteiger partial charge in [-0.25, -0.2) is 0 Å². The quantitative estimate of drug-likeness (QED) is 0.161. The molecule has 0 N–H and O–H groups in total. The summed E-state index contributed by atoms with van der Waals surface area (Å²) in [5, 5.41) is 0. The number of nitrogens with zero attached hydrogens (tertiary/aromatic N) is 1. The van der Waals surface area contributed by atoms with Crippen LogP contribution < -0.4 is 14.4 Å². The Hall–Kier alpha value is -1.63. The predicted octanol–water partition coefficient (Wildman–Crippen LogP) is 6.89. The minimum Gasteiger partial charge on any atom is -0.493 e. The molecule has 0 spiro atoms. The molecule has 0 atom stereocenters. The molecule has 0 saturated carbocycles. The molecule has 0 unspecified atom stereocenters. The third-order valence-corrected chi connectivity index (χ3v) is 7.48. The van der Waals surface area contributed by atoms with Gasteiger partial charge in [-0.3, -0.25) is 9.69 Å². The minimum atomic E-state index is -0.126. The Balaban J connectivity index is 1.57. The van der Waals surface area contributed by atoms with Gasteiger partial charge in [0.25, 0.3) is 5.91 Å². The lowest BCUT2D eigenvalue weighted by molar-refractivity contribution is -0.113. The van der Waals surface area contributed by atoms with Crippen LogP contribution in [0, 0.1) is 7.14 Å². The number of ether oxygens (including phenoxy) is 2. The van der Waals surface area contributed by atoms with Crippen LogP contribution in [0.5, 0.6) is 11.5 Å². The first-order chi connectivity index (χ1) is 15.5. The molecule has 4 nitrogen and oxygen atoms in total. The maximum Gasteiger partial charge on any atom is 0.270 e. The molecule has 1 aliphatic rings.